The van der Waals surface area contributed by atoms with Crippen molar-refractivity contribution in [2.24, 2.45) is 5.92 Å². The van der Waals surface area contributed by atoms with Crippen molar-refractivity contribution < 1.29 is 4.74 Å². The van der Waals surface area contributed by atoms with Crippen LogP contribution in [0.5, 0.6) is 0 Å². The Morgan fingerprint density at radius 2 is 2.25 bits per heavy atom. The molecule has 0 aromatic heterocycles. The molecule has 0 amide bonds. The molecule has 4 heteroatoms. The molecule has 0 saturated heterocycles. The standard InChI is InChI=1S/C12H17BrN2O/c13-10-3-4-12(11(14)7-10)15-5-6-16-8-9-1-2-9/h3-4,7,9,15H,1-2,5-6,8,14H2. The molecule has 88 valence electrons. The maximum Gasteiger partial charge on any atom is 0.0639 e. The maximum atomic E-state index is 5.86. The van der Waals surface area contributed by atoms with E-state index in [4.69, 9.17) is 10.5 Å². The molecule has 0 spiro atoms. The summed E-state index contributed by atoms with van der Waals surface area (Å²) in [5, 5.41) is 3.26. The zero-order valence-corrected chi connectivity index (χ0v) is 10.8. The van der Waals surface area contributed by atoms with E-state index in [9.17, 15) is 0 Å². The van der Waals surface area contributed by atoms with Crippen LogP contribution in [0, 0.1) is 5.92 Å². The van der Waals surface area contributed by atoms with Gasteiger partial charge in [0.15, 0.2) is 0 Å². The largest absolute Gasteiger partial charge is 0.397 e. The summed E-state index contributed by atoms with van der Waals surface area (Å²) in [4.78, 5) is 0. The molecule has 0 heterocycles. The molecule has 0 aliphatic heterocycles. The summed E-state index contributed by atoms with van der Waals surface area (Å²) in [5.41, 5.74) is 7.59. The lowest BCUT2D eigenvalue weighted by Crippen LogP contribution is -2.11. The summed E-state index contributed by atoms with van der Waals surface area (Å²) in [6.07, 6.45) is 2.68. The van der Waals surface area contributed by atoms with Crippen LogP contribution in [0.3, 0.4) is 0 Å². The van der Waals surface area contributed by atoms with E-state index in [1.54, 1.807) is 0 Å². The molecule has 0 unspecified atom stereocenters. The van der Waals surface area contributed by atoms with Gasteiger partial charge in [0.05, 0.1) is 18.0 Å². The summed E-state index contributed by atoms with van der Waals surface area (Å²) in [7, 11) is 0. The molecular weight excluding hydrogens is 268 g/mol. The van der Waals surface area contributed by atoms with Crippen molar-refractivity contribution in [3.8, 4) is 0 Å². The highest BCUT2D eigenvalue weighted by Crippen LogP contribution is 2.28. The highest BCUT2D eigenvalue weighted by Gasteiger charge is 2.20. The number of nitrogens with two attached hydrogens (primary N) is 1. The van der Waals surface area contributed by atoms with Crippen LogP contribution in [0.1, 0.15) is 12.8 Å². The van der Waals surface area contributed by atoms with E-state index < -0.39 is 0 Å². The second-order valence-corrected chi connectivity index (χ2v) is 5.09. The first kappa shape index (κ1) is 11.7. The number of halogens is 1. The number of hydrogen-bond donors (Lipinski definition) is 2. The highest BCUT2D eigenvalue weighted by atomic mass is 79.9. The number of ether oxygens (including phenoxy) is 1. The zero-order chi connectivity index (χ0) is 11.4. The topological polar surface area (TPSA) is 47.3 Å². The third kappa shape index (κ3) is 3.68. The maximum absolute atomic E-state index is 5.86. The molecule has 0 radical (unpaired) electrons. The van der Waals surface area contributed by atoms with Crippen molar-refractivity contribution in [1.29, 1.82) is 0 Å². The predicted octanol–water partition coefficient (Wildman–Crippen LogP) is 2.87. The van der Waals surface area contributed by atoms with Crippen molar-refractivity contribution in [2.75, 3.05) is 30.8 Å². The average Bonchev–Trinajstić information content (AvgIpc) is 3.04. The Balaban J connectivity index is 1.67. The van der Waals surface area contributed by atoms with Gasteiger partial charge in [0.25, 0.3) is 0 Å². The lowest BCUT2D eigenvalue weighted by molar-refractivity contribution is 0.134. The zero-order valence-electron chi connectivity index (χ0n) is 9.21. The van der Waals surface area contributed by atoms with Crippen molar-refractivity contribution in [1.82, 2.24) is 0 Å². The fourth-order valence-corrected chi connectivity index (χ4v) is 1.87. The molecule has 16 heavy (non-hydrogen) atoms. The van der Waals surface area contributed by atoms with Gasteiger partial charge in [-0.25, -0.2) is 0 Å². The molecule has 1 aromatic rings. The molecule has 0 atom stereocenters. The van der Waals surface area contributed by atoms with E-state index in [-0.39, 0.29) is 0 Å². The summed E-state index contributed by atoms with van der Waals surface area (Å²) in [6, 6.07) is 5.84. The highest BCUT2D eigenvalue weighted by molar-refractivity contribution is 9.10. The second-order valence-electron chi connectivity index (χ2n) is 4.18. The van der Waals surface area contributed by atoms with Gasteiger partial charge >= 0.3 is 0 Å². The minimum absolute atomic E-state index is 0.742. The first-order chi connectivity index (χ1) is 7.75. The molecule has 1 saturated carbocycles. The van der Waals surface area contributed by atoms with Crippen LogP contribution in [-0.2, 0) is 4.74 Å². The Bertz CT molecular complexity index is 353. The number of nitrogens with one attached hydrogen (secondary N) is 1. The Morgan fingerprint density at radius 1 is 1.44 bits per heavy atom. The van der Waals surface area contributed by atoms with Crippen molar-refractivity contribution >= 4 is 27.3 Å². The Morgan fingerprint density at radius 3 is 2.94 bits per heavy atom. The SMILES string of the molecule is Nc1cc(Br)ccc1NCCOCC1CC1. The van der Waals surface area contributed by atoms with E-state index in [1.165, 1.54) is 12.8 Å². The van der Waals surface area contributed by atoms with E-state index in [2.05, 4.69) is 21.2 Å². The van der Waals surface area contributed by atoms with Gasteiger partial charge in [-0.3, -0.25) is 0 Å². The molecule has 0 bridgehead atoms. The summed E-state index contributed by atoms with van der Waals surface area (Å²) >= 11 is 3.38. The van der Waals surface area contributed by atoms with Gasteiger partial charge in [0.1, 0.15) is 0 Å². The average molecular weight is 285 g/mol. The van der Waals surface area contributed by atoms with Crippen molar-refractivity contribution in [3.63, 3.8) is 0 Å². The third-order valence-corrected chi connectivity index (χ3v) is 3.12. The van der Waals surface area contributed by atoms with Gasteiger partial charge in [0.2, 0.25) is 0 Å². The second kappa shape index (κ2) is 5.55. The van der Waals surface area contributed by atoms with Crippen LogP contribution in [0.25, 0.3) is 0 Å². The fraction of sp³-hybridized carbons (Fsp3) is 0.500. The smallest absolute Gasteiger partial charge is 0.0639 e. The number of benzene rings is 1. The predicted molar refractivity (Wildman–Crippen MR) is 70.6 cm³/mol. The van der Waals surface area contributed by atoms with Crippen LogP contribution in [0.2, 0.25) is 0 Å². The number of anilines is 2. The van der Waals surface area contributed by atoms with Crippen LogP contribution in [0.4, 0.5) is 11.4 Å². The van der Waals surface area contributed by atoms with Crippen LogP contribution < -0.4 is 11.1 Å². The minimum Gasteiger partial charge on any atom is -0.397 e. The Labute approximate surface area is 104 Å². The Kier molecular flexibility index (Phi) is 4.07. The number of nitrogen functional groups attached to an aromatic ring is 1. The fourth-order valence-electron chi connectivity index (χ4n) is 1.49. The summed E-state index contributed by atoms with van der Waals surface area (Å²) in [6.45, 7) is 2.46. The number of hydrogen-bond acceptors (Lipinski definition) is 3. The summed E-state index contributed by atoms with van der Waals surface area (Å²) in [5.74, 6) is 0.831. The van der Waals surface area contributed by atoms with E-state index in [0.29, 0.717) is 0 Å². The summed E-state index contributed by atoms with van der Waals surface area (Å²) < 4.78 is 6.53. The lowest BCUT2D eigenvalue weighted by Gasteiger charge is -2.09. The van der Waals surface area contributed by atoms with E-state index in [0.717, 1.165) is 41.5 Å². The van der Waals surface area contributed by atoms with Gasteiger partial charge in [-0.1, -0.05) is 15.9 Å². The molecule has 1 fully saturated rings. The van der Waals surface area contributed by atoms with E-state index >= 15 is 0 Å². The molecular formula is C12H17BrN2O. The van der Waals surface area contributed by atoms with Gasteiger partial charge in [-0.2, -0.15) is 0 Å². The first-order valence-electron chi connectivity index (χ1n) is 5.62. The lowest BCUT2D eigenvalue weighted by atomic mass is 10.3. The van der Waals surface area contributed by atoms with Gasteiger partial charge in [-0.05, 0) is 37.0 Å². The quantitative estimate of drug-likeness (QED) is 0.624. The van der Waals surface area contributed by atoms with Gasteiger partial charge < -0.3 is 15.8 Å². The first-order valence-corrected chi connectivity index (χ1v) is 6.41. The third-order valence-electron chi connectivity index (χ3n) is 2.63. The van der Waals surface area contributed by atoms with Gasteiger partial charge in [-0.15, -0.1) is 0 Å². The van der Waals surface area contributed by atoms with Gasteiger partial charge in [0, 0.05) is 17.6 Å². The number of rotatable bonds is 6. The Hall–Kier alpha value is -0.740. The minimum atomic E-state index is 0.742. The normalized spacial score (nSPS) is 15.1. The monoisotopic (exact) mass is 284 g/mol. The molecule has 1 aromatic carbocycles. The van der Waals surface area contributed by atoms with Crippen molar-refractivity contribution in [2.45, 2.75) is 12.8 Å². The molecule has 2 rings (SSSR count). The van der Waals surface area contributed by atoms with E-state index in [1.807, 2.05) is 18.2 Å². The molecule has 3 nitrogen and oxygen atoms in total. The molecule has 3 N–H and O–H groups in total. The molecule has 1 aliphatic rings. The van der Waals surface area contributed by atoms with Crippen LogP contribution in [0.15, 0.2) is 22.7 Å². The van der Waals surface area contributed by atoms with Crippen LogP contribution in [-0.4, -0.2) is 19.8 Å². The molecule has 1 aliphatic carbocycles. The van der Waals surface area contributed by atoms with Crippen LogP contribution >= 0.6 is 15.9 Å². The van der Waals surface area contributed by atoms with Crippen molar-refractivity contribution in [3.05, 3.63) is 22.7 Å².